The number of morpholine rings is 1. The molecule has 2 aromatic carbocycles. The summed E-state index contributed by atoms with van der Waals surface area (Å²) in [6, 6.07) is 19.8. The first-order valence-corrected chi connectivity index (χ1v) is 11.7. The number of imidazole rings is 1. The highest BCUT2D eigenvalue weighted by molar-refractivity contribution is 14.0. The average Bonchev–Trinajstić information content (AvgIpc) is 3.51. The molecule has 180 valence electrons. The third-order valence-electron chi connectivity index (χ3n) is 6.52. The van der Waals surface area contributed by atoms with Crippen LogP contribution < -0.4 is 5.32 Å². The standard InChI is InChI=1S/C26H32N6O.HI/c1-27-26(29-15-22-8-5-9-23(14-22)16-30-11-10-28-20-30)32-18-24-25(19-32)33-13-12-31(24)17-21-6-3-2-4-7-21;/h2-11,14,20,24-25H,12-13,15-19H2,1H3,(H,27,29);1H. The Bertz CT molecular complexity index is 1060. The highest BCUT2D eigenvalue weighted by Crippen LogP contribution is 2.24. The van der Waals surface area contributed by atoms with E-state index in [4.69, 9.17) is 4.74 Å². The second kappa shape index (κ2) is 11.8. The maximum atomic E-state index is 6.15. The molecule has 0 bridgehead atoms. The SMILES string of the molecule is CN=C(NCc1cccc(Cn2ccnc2)c1)N1CC2OCCN(Cc3ccccc3)C2C1.I. The summed E-state index contributed by atoms with van der Waals surface area (Å²) in [4.78, 5) is 13.6. The van der Waals surface area contributed by atoms with Crippen LogP contribution >= 0.6 is 24.0 Å². The summed E-state index contributed by atoms with van der Waals surface area (Å²) in [5.74, 6) is 0.938. The Labute approximate surface area is 218 Å². The van der Waals surface area contributed by atoms with Gasteiger partial charge in [0.15, 0.2) is 5.96 Å². The number of fused-ring (bicyclic) bond motifs is 1. The molecule has 8 heteroatoms. The van der Waals surface area contributed by atoms with Crippen LogP contribution in [0, 0.1) is 0 Å². The highest BCUT2D eigenvalue weighted by atomic mass is 127. The van der Waals surface area contributed by atoms with Crippen molar-refractivity contribution in [3.05, 3.63) is 90.0 Å². The Morgan fingerprint density at radius 3 is 2.68 bits per heavy atom. The van der Waals surface area contributed by atoms with E-state index in [1.165, 1.54) is 16.7 Å². The lowest BCUT2D eigenvalue weighted by Gasteiger charge is -2.36. The Kier molecular flexibility index (Phi) is 8.58. The summed E-state index contributed by atoms with van der Waals surface area (Å²) in [6.07, 6.45) is 5.87. The summed E-state index contributed by atoms with van der Waals surface area (Å²) in [7, 11) is 1.86. The van der Waals surface area contributed by atoms with Gasteiger partial charge in [0, 0.05) is 58.7 Å². The maximum absolute atomic E-state index is 6.15. The van der Waals surface area contributed by atoms with Crippen LogP contribution in [-0.2, 0) is 24.4 Å². The molecule has 0 spiro atoms. The van der Waals surface area contributed by atoms with Crippen LogP contribution in [0.15, 0.2) is 78.3 Å². The van der Waals surface area contributed by atoms with Gasteiger partial charge in [-0.25, -0.2) is 4.98 Å². The van der Waals surface area contributed by atoms with Gasteiger partial charge in [-0.2, -0.15) is 0 Å². The first-order valence-electron chi connectivity index (χ1n) is 11.7. The Morgan fingerprint density at radius 1 is 1.06 bits per heavy atom. The van der Waals surface area contributed by atoms with Crippen LogP contribution in [0.4, 0.5) is 0 Å². The van der Waals surface area contributed by atoms with E-state index in [1.807, 2.05) is 25.8 Å². The van der Waals surface area contributed by atoms with Gasteiger partial charge in [-0.05, 0) is 16.7 Å². The van der Waals surface area contributed by atoms with Gasteiger partial charge in [0.2, 0.25) is 0 Å². The van der Waals surface area contributed by atoms with Crippen molar-refractivity contribution in [3.63, 3.8) is 0 Å². The lowest BCUT2D eigenvalue weighted by atomic mass is 10.1. The number of hydrogen-bond donors (Lipinski definition) is 1. The van der Waals surface area contributed by atoms with Crippen LogP contribution in [0.2, 0.25) is 0 Å². The van der Waals surface area contributed by atoms with E-state index in [-0.39, 0.29) is 30.1 Å². The number of aromatic nitrogens is 2. The molecule has 34 heavy (non-hydrogen) atoms. The first-order chi connectivity index (χ1) is 16.3. The van der Waals surface area contributed by atoms with Crippen LogP contribution in [0.25, 0.3) is 0 Å². The topological polar surface area (TPSA) is 57.9 Å². The Balaban J connectivity index is 0.00000274. The zero-order chi connectivity index (χ0) is 22.5. The summed E-state index contributed by atoms with van der Waals surface area (Å²) < 4.78 is 8.23. The number of hydrogen-bond acceptors (Lipinski definition) is 4. The van der Waals surface area contributed by atoms with Crippen molar-refractivity contribution in [1.82, 2.24) is 24.7 Å². The number of ether oxygens (including phenoxy) is 1. The number of nitrogens with zero attached hydrogens (tertiary/aromatic N) is 5. The lowest BCUT2D eigenvalue weighted by Crippen LogP contribution is -2.50. The van der Waals surface area contributed by atoms with E-state index in [0.717, 1.165) is 51.8 Å². The molecule has 0 aliphatic carbocycles. The minimum absolute atomic E-state index is 0. The number of guanidine groups is 1. The predicted molar refractivity (Wildman–Crippen MR) is 145 cm³/mol. The number of nitrogens with one attached hydrogen (secondary N) is 1. The van der Waals surface area contributed by atoms with Crippen molar-refractivity contribution < 1.29 is 4.74 Å². The van der Waals surface area contributed by atoms with E-state index in [1.54, 1.807) is 0 Å². The Morgan fingerprint density at radius 2 is 1.88 bits per heavy atom. The second-order valence-electron chi connectivity index (χ2n) is 8.79. The van der Waals surface area contributed by atoms with Crippen molar-refractivity contribution >= 4 is 29.9 Å². The molecule has 3 aromatic rings. The number of benzene rings is 2. The second-order valence-corrected chi connectivity index (χ2v) is 8.79. The van der Waals surface area contributed by atoms with Gasteiger partial charge in [-0.3, -0.25) is 9.89 Å². The van der Waals surface area contributed by atoms with E-state index >= 15 is 0 Å². The smallest absolute Gasteiger partial charge is 0.194 e. The van der Waals surface area contributed by atoms with Crippen LogP contribution in [0.3, 0.4) is 0 Å². The molecule has 7 nitrogen and oxygen atoms in total. The van der Waals surface area contributed by atoms with Gasteiger partial charge in [-0.15, -0.1) is 24.0 Å². The molecular formula is C26H33IN6O. The summed E-state index contributed by atoms with van der Waals surface area (Å²) in [6.45, 7) is 6.10. The van der Waals surface area contributed by atoms with Crippen LogP contribution in [-0.4, -0.2) is 70.7 Å². The molecule has 5 rings (SSSR count). The molecule has 0 saturated carbocycles. The molecule has 2 unspecified atom stereocenters. The number of aliphatic imine (C=N–C) groups is 1. The minimum Gasteiger partial charge on any atom is -0.373 e. The van der Waals surface area contributed by atoms with Crippen molar-refractivity contribution in [2.24, 2.45) is 4.99 Å². The van der Waals surface area contributed by atoms with Crippen molar-refractivity contribution in [1.29, 1.82) is 0 Å². The fourth-order valence-corrected chi connectivity index (χ4v) is 4.89. The largest absolute Gasteiger partial charge is 0.373 e. The number of likely N-dealkylation sites (tertiary alicyclic amines) is 1. The summed E-state index contributed by atoms with van der Waals surface area (Å²) >= 11 is 0. The number of halogens is 1. The van der Waals surface area contributed by atoms with Crippen molar-refractivity contribution in [2.75, 3.05) is 33.3 Å². The average molecular weight is 572 g/mol. The van der Waals surface area contributed by atoms with Gasteiger partial charge >= 0.3 is 0 Å². The Hall–Kier alpha value is -2.43. The van der Waals surface area contributed by atoms with Crippen LogP contribution in [0.5, 0.6) is 0 Å². The molecule has 3 heterocycles. The molecule has 2 aliphatic rings. The zero-order valence-corrected chi connectivity index (χ0v) is 21.9. The summed E-state index contributed by atoms with van der Waals surface area (Å²) in [5.41, 5.74) is 3.86. The molecule has 2 aliphatic heterocycles. The molecule has 2 fully saturated rings. The third-order valence-corrected chi connectivity index (χ3v) is 6.52. The molecule has 1 aromatic heterocycles. The zero-order valence-electron chi connectivity index (χ0n) is 19.6. The van der Waals surface area contributed by atoms with Gasteiger partial charge in [0.05, 0.1) is 25.1 Å². The van der Waals surface area contributed by atoms with Gasteiger partial charge in [-0.1, -0.05) is 54.6 Å². The van der Waals surface area contributed by atoms with E-state index in [9.17, 15) is 0 Å². The van der Waals surface area contributed by atoms with Crippen molar-refractivity contribution in [2.45, 2.75) is 31.8 Å². The molecule has 2 saturated heterocycles. The van der Waals surface area contributed by atoms with E-state index in [2.05, 4.69) is 84.3 Å². The fourth-order valence-electron chi connectivity index (χ4n) is 4.89. The monoisotopic (exact) mass is 572 g/mol. The number of rotatable bonds is 6. The minimum atomic E-state index is 0. The summed E-state index contributed by atoms with van der Waals surface area (Å²) in [5, 5.41) is 3.57. The predicted octanol–water partition coefficient (Wildman–Crippen LogP) is 3.21. The molecule has 1 N–H and O–H groups in total. The molecular weight excluding hydrogens is 539 g/mol. The van der Waals surface area contributed by atoms with E-state index in [0.29, 0.717) is 6.04 Å². The van der Waals surface area contributed by atoms with E-state index < -0.39 is 0 Å². The quantitative estimate of drug-likeness (QED) is 0.280. The lowest BCUT2D eigenvalue weighted by molar-refractivity contribution is -0.0502. The third kappa shape index (κ3) is 5.97. The molecule has 0 amide bonds. The highest BCUT2D eigenvalue weighted by Gasteiger charge is 2.41. The maximum Gasteiger partial charge on any atom is 0.194 e. The van der Waals surface area contributed by atoms with Crippen molar-refractivity contribution in [3.8, 4) is 0 Å². The fraction of sp³-hybridized carbons (Fsp3) is 0.385. The molecule has 2 atom stereocenters. The van der Waals surface area contributed by atoms with Gasteiger partial charge in [0.25, 0.3) is 0 Å². The van der Waals surface area contributed by atoms with Gasteiger partial charge < -0.3 is 19.5 Å². The van der Waals surface area contributed by atoms with Gasteiger partial charge in [0.1, 0.15) is 0 Å². The first kappa shape index (κ1) is 24.7. The van der Waals surface area contributed by atoms with Crippen LogP contribution in [0.1, 0.15) is 16.7 Å². The normalized spacial score (nSPS) is 20.6. The molecule has 0 radical (unpaired) electrons.